The molecule has 0 bridgehead atoms. The first-order chi connectivity index (χ1) is 10.9. The molecule has 22 heavy (non-hydrogen) atoms. The van der Waals surface area contributed by atoms with Crippen molar-refractivity contribution in [2.45, 2.75) is 31.7 Å². The number of benzene rings is 2. The lowest BCUT2D eigenvalue weighted by atomic mass is 9.95. The van der Waals surface area contributed by atoms with E-state index in [1.54, 1.807) is 7.11 Å². The summed E-state index contributed by atoms with van der Waals surface area (Å²) in [6, 6.07) is 19.9. The number of likely N-dealkylation sites (tertiary alicyclic amines) is 1. The van der Waals surface area contributed by atoms with E-state index in [4.69, 9.17) is 4.74 Å². The van der Waals surface area contributed by atoms with Gasteiger partial charge < -0.3 is 4.74 Å². The van der Waals surface area contributed by atoms with Crippen molar-refractivity contribution in [2.75, 3.05) is 20.2 Å². The van der Waals surface area contributed by atoms with Gasteiger partial charge in [0.05, 0.1) is 7.11 Å². The molecule has 116 valence electrons. The van der Waals surface area contributed by atoms with Crippen LogP contribution in [0.2, 0.25) is 0 Å². The molecular weight excluding hydrogens is 270 g/mol. The predicted molar refractivity (Wildman–Crippen MR) is 91.3 cm³/mol. The van der Waals surface area contributed by atoms with Crippen molar-refractivity contribution in [3.63, 3.8) is 0 Å². The molecule has 2 aromatic rings. The summed E-state index contributed by atoms with van der Waals surface area (Å²) in [5.41, 5.74) is 2.81. The van der Waals surface area contributed by atoms with E-state index in [-0.39, 0.29) is 0 Å². The number of methoxy groups -OCH3 is 1. The van der Waals surface area contributed by atoms with Crippen LogP contribution in [0.4, 0.5) is 0 Å². The Bertz CT molecular complexity index is 558. The minimum atomic E-state index is 0.466. The average molecular weight is 295 g/mol. The van der Waals surface area contributed by atoms with E-state index < -0.39 is 0 Å². The first-order valence-corrected chi connectivity index (χ1v) is 8.29. The molecule has 1 aliphatic rings. The molecular formula is C20H25NO. The van der Waals surface area contributed by atoms with E-state index in [1.165, 1.54) is 43.5 Å². The van der Waals surface area contributed by atoms with Gasteiger partial charge in [-0.3, -0.25) is 4.90 Å². The third-order valence-corrected chi connectivity index (χ3v) is 4.60. The van der Waals surface area contributed by atoms with E-state index in [2.05, 4.69) is 59.5 Å². The smallest absolute Gasteiger partial charge is 0.118 e. The highest BCUT2D eigenvalue weighted by Gasteiger charge is 2.22. The summed E-state index contributed by atoms with van der Waals surface area (Å²) >= 11 is 0. The van der Waals surface area contributed by atoms with Crippen molar-refractivity contribution in [3.05, 3.63) is 65.7 Å². The van der Waals surface area contributed by atoms with Gasteiger partial charge in [0.1, 0.15) is 5.75 Å². The summed E-state index contributed by atoms with van der Waals surface area (Å²) in [5, 5.41) is 0. The molecule has 0 spiro atoms. The Balaban J connectivity index is 1.83. The Morgan fingerprint density at radius 3 is 2.23 bits per heavy atom. The molecule has 0 aromatic heterocycles. The van der Waals surface area contributed by atoms with Crippen LogP contribution in [0.1, 0.15) is 36.4 Å². The number of rotatable bonds is 5. The van der Waals surface area contributed by atoms with Crippen molar-refractivity contribution in [1.29, 1.82) is 0 Å². The van der Waals surface area contributed by atoms with Gasteiger partial charge in [-0.2, -0.15) is 0 Å². The fourth-order valence-electron chi connectivity index (χ4n) is 3.35. The van der Waals surface area contributed by atoms with Crippen LogP contribution >= 0.6 is 0 Å². The fraction of sp³-hybridized carbons (Fsp3) is 0.400. The van der Waals surface area contributed by atoms with Gasteiger partial charge in [0.25, 0.3) is 0 Å². The first-order valence-electron chi connectivity index (χ1n) is 8.29. The Labute approximate surface area is 133 Å². The van der Waals surface area contributed by atoms with Gasteiger partial charge in [-0.1, -0.05) is 48.9 Å². The van der Waals surface area contributed by atoms with Gasteiger partial charge in [-0.25, -0.2) is 0 Å². The minimum absolute atomic E-state index is 0.466. The van der Waals surface area contributed by atoms with Gasteiger partial charge in [0, 0.05) is 6.04 Å². The lowest BCUT2D eigenvalue weighted by molar-refractivity contribution is 0.162. The zero-order valence-corrected chi connectivity index (χ0v) is 13.4. The van der Waals surface area contributed by atoms with Crippen molar-refractivity contribution in [1.82, 2.24) is 4.90 Å². The van der Waals surface area contributed by atoms with E-state index in [0.29, 0.717) is 6.04 Å². The third kappa shape index (κ3) is 3.69. The van der Waals surface area contributed by atoms with Gasteiger partial charge >= 0.3 is 0 Å². The molecule has 3 rings (SSSR count). The lowest BCUT2D eigenvalue weighted by Crippen LogP contribution is -2.34. The van der Waals surface area contributed by atoms with Crippen LogP contribution in [-0.2, 0) is 6.42 Å². The lowest BCUT2D eigenvalue weighted by Gasteiger charge is -2.35. The van der Waals surface area contributed by atoms with Crippen LogP contribution < -0.4 is 4.74 Å². The highest BCUT2D eigenvalue weighted by molar-refractivity contribution is 5.30. The van der Waals surface area contributed by atoms with Gasteiger partial charge in [-0.05, 0) is 55.6 Å². The second-order valence-electron chi connectivity index (χ2n) is 6.08. The van der Waals surface area contributed by atoms with E-state index in [0.717, 1.165) is 12.2 Å². The Hall–Kier alpha value is -1.80. The summed E-state index contributed by atoms with van der Waals surface area (Å²) in [5.74, 6) is 0.931. The van der Waals surface area contributed by atoms with Crippen molar-refractivity contribution >= 4 is 0 Å². The highest BCUT2D eigenvalue weighted by Crippen LogP contribution is 2.29. The number of nitrogens with zero attached hydrogens (tertiary/aromatic N) is 1. The molecule has 1 heterocycles. The quantitative estimate of drug-likeness (QED) is 0.807. The zero-order valence-electron chi connectivity index (χ0n) is 13.4. The maximum absolute atomic E-state index is 5.30. The van der Waals surface area contributed by atoms with Crippen molar-refractivity contribution in [2.24, 2.45) is 0 Å². The summed E-state index contributed by atoms with van der Waals surface area (Å²) in [6.07, 6.45) is 5.09. The van der Waals surface area contributed by atoms with Crippen LogP contribution in [0, 0.1) is 0 Å². The molecule has 0 amide bonds. The molecule has 0 N–H and O–H groups in total. The molecule has 0 aliphatic carbocycles. The van der Waals surface area contributed by atoms with Crippen LogP contribution in [0.3, 0.4) is 0 Å². The summed E-state index contributed by atoms with van der Waals surface area (Å²) < 4.78 is 5.30. The first kappa shape index (κ1) is 15.1. The summed E-state index contributed by atoms with van der Waals surface area (Å²) in [7, 11) is 1.72. The molecule has 0 radical (unpaired) electrons. The van der Waals surface area contributed by atoms with Crippen LogP contribution in [-0.4, -0.2) is 25.1 Å². The van der Waals surface area contributed by atoms with Gasteiger partial charge in [0.2, 0.25) is 0 Å². The minimum Gasteiger partial charge on any atom is -0.497 e. The second-order valence-corrected chi connectivity index (χ2v) is 6.08. The van der Waals surface area contributed by atoms with E-state index >= 15 is 0 Å². The second kappa shape index (κ2) is 7.46. The van der Waals surface area contributed by atoms with Crippen molar-refractivity contribution < 1.29 is 4.74 Å². The standard InChI is InChI=1S/C20H25NO/c1-22-19-12-10-18(11-13-19)20(21-14-6-3-7-15-21)16-17-8-4-2-5-9-17/h2,4-5,8-13,20H,3,6-7,14-16H2,1H3. The fourth-order valence-corrected chi connectivity index (χ4v) is 3.35. The molecule has 1 atom stereocenters. The number of hydrogen-bond donors (Lipinski definition) is 0. The van der Waals surface area contributed by atoms with E-state index in [1.807, 2.05) is 0 Å². The molecule has 0 saturated carbocycles. The molecule has 2 aromatic carbocycles. The monoisotopic (exact) mass is 295 g/mol. The average Bonchev–Trinajstić information content (AvgIpc) is 2.61. The van der Waals surface area contributed by atoms with Gasteiger partial charge in [0.15, 0.2) is 0 Å². The number of piperidine rings is 1. The number of hydrogen-bond acceptors (Lipinski definition) is 2. The summed E-state index contributed by atoms with van der Waals surface area (Å²) in [6.45, 7) is 2.42. The van der Waals surface area contributed by atoms with Crippen LogP contribution in [0.15, 0.2) is 54.6 Å². The molecule has 1 unspecified atom stereocenters. The molecule has 1 saturated heterocycles. The molecule has 2 nitrogen and oxygen atoms in total. The maximum Gasteiger partial charge on any atom is 0.118 e. The molecule has 1 fully saturated rings. The van der Waals surface area contributed by atoms with Crippen LogP contribution in [0.25, 0.3) is 0 Å². The Morgan fingerprint density at radius 1 is 0.909 bits per heavy atom. The van der Waals surface area contributed by atoms with Crippen LogP contribution in [0.5, 0.6) is 5.75 Å². The SMILES string of the molecule is COc1ccc(C(Cc2ccccc2)N2CCCCC2)cc1. The largest absolute Gasteiger partial charge is 0.497 e. The normalized spacial score (nSPS) is 17.1. The molecule has 2 heteroatoms. The Morgan fingerprint density at radius 2 is 1.59 bits per heavy atom. The highest BCUT2D eigenvalue weighted by atomic mass is 16.5. The number of ether oxygens (including phenoxy) is 1. The maximum atomic E-state index is 5.30. The van der Waals surface area contributed by atoms with Gasteiger partial charge in [-0.15, -0.1) is 0 Å². The Kier molecular flexibility index (Phi) is 5.12. The zero-order chi connectivity index (χ0) is 15.2. The molecule has 1 aliphatic heterocycles. The van der Waals surface area contributed by atoms with E-state index in [9.17, 15) is 0 Å². The topological polar surface area (TPSA) is 12.5 Å². The third-order valence-electron chi connectivity index (χ3n) is 4.60. The summed E-state index contributed by atoms with van der Waals surface area (Å²) in [4.78, 5) is 2.65. The van der Waals surface area contributed by atoms with Crippen molar-refractivity contribution in [3.8, 4) is 5.75 Å². The predicted octanol–water partition coefficient (Wildman–Crippen LogP) is 4.46.